The summed E-state index contributed by atoms with van der Waals surface area (Å²) in [5.41, 5.74) is -1.79. The minimum absolute atomic E-state index is 0.0235. The number of nitrogens with zero attached hydrogens (tertiary/aromatic N) is 2. The van der Waals surface area contributed by atoms with Crippen LogP contribution in [0.4, 0.5) is 18.0 Å². The lowest BCUT2D eigenvalue weighted by Crippen LogP contribution is -2.44. The molecule has 0 radical (unpaired) electrons. The predicted molar refractivity (Wildman–Crippen MR) is 87.0 cm³/mol. The minimum Gasteiger partial charge on any atom is -0.487 e. The van der Waals surface area contributed by atoms with Crippen LogP contribution in [0.15, 0.2) is 18.3 Å². The van der Waals surface area contributed by atoms with Gasteiger partial charge in [-0.3, -0.25) is 4.90 Å². The lowest BCUT2D eigenvalue weighted by molar-refractivity contribution is -0.145. The van der Waals surface area contributed by atoms with Crippen LogP contribution in [0.5, 0.6) is 5.75 Å². The molecule has 1 fully saturated rings. The van der Waals surface area contributed by atoms with Crippen LogP contribution >= 0.6 is 0 Å². The molecule has 10 heteroatoms. The summed E-state index contributed by atoms with van der Waals surface area (Å²) >= 11 is 0. The van der Waals surface area contributed by atoms with Crippen molar-refractivity contribution in [2.45, 2.75) is 51.1 Å². The summed E-state index contributed by atoms with van der Waals surface area (Å²) in [5, 5.41) is 0. The Balaban J connectivity index is 2.10. The number of ether oxygens (including phenoxy) is 3. The Morgan fingerprint density at radius 1 is 1.22 bits per heavy atom. The molecule has 0 unspecified atom stereocenters. The summed E-state index contributed by atoms with van der Waals surface area (Å²) in [7, 11) is 1.20. The van der Waals surface area contributed by atoms with E-state index in [9.17, 15) is 22.8 Å². The van der Waals surface area contributed by atoms with Crippen molar-refractivity contribution >= 4 is 12.1 Å². The van der Waals surface area contributed by atoms with Gasteiger partial charge in [0, 0.05) is 6.42 Å². The molecule has 7 nitrogen and oxygen atoms in total. The number of halogens is 3. The number of amides is 1. The Hall–Kier alpha value is -2.52. The maximum absolute atomic E-state index is 12.6. The van der Waals surface area contributed by atoms with Crippen molar-refractivity contribution in [3.05, 3.63) is 24.0 Å². The molecule has 2 rings (SSSR count). The Morgan fingerprint density at radius 2 is 1.89 bits per heavy atom. The van der Waals surface area contributed by atoms with Crippen molar-refractivity contribution < 1.29 is 37.0 Å². The molecule has 2 atom stereocenters. The maximum atomic E-state index is 12.6. The molecule has 0 bridgehead atoms. The first-order valence-electron chi connectivity index (χ1n) is 8.18. The summed E-state index contributed by atoms with van der Waals surface area (Å²) < 4.78 is 53.3. The van der Waals surface area contributed by atoms with E-state index in [1.165, 1.54) is 12.0 Å². The number of alkyl halides is 3. The number of hydrogen-bond donors (Lipinski definition) is 0. The molecule has 1 saturated heterocycles. The first-order valence-corrected chi connectivity index (χ1v) is 8.18. The van der Waals surface area contributed by atoms with E-state index in [2.05, 4.69) is 4.98 Å². The molecule has 1 aromatic rings. The molecule has 0 spiro atoms. The Bertz CT molecular complexity index is 685. The fourth-order valence-electron chi connectivity index (χ4n) is 2.57. The van der Waals surface area contributed by atoms with Gasteiger partial charge in [-0.2, -0.15) is 13.2 Å². The van der Waals surface area contributed by atoms with Crippen LogP contribution in [0.3, 0.4) is 0 Å². The highest BCUT2D eigenvalue weighted by Gasteiger charge is 2.43. The zero-order chi connectivity index (χ0) is 20.4. The number of hydrogen-bond acceptors (Lipinski definition) is 6. The van der Waals surface area contributed by atoms with Crippen LogP contribution in [-0.2, 0) is 20.4 Å². The summed E-state index contributed by atoms with van der Waals surface area (Å²) in [5.74, 6) is -0.528. The van der Waals surface area contributed by atoms with Gasteiger partial charge in [0.15, 0.2) is 0 Å². The van der Waals surface area contributed by atoms with E-state index in [0.29, 0.717) is 0 Å². The second-order valence-corrected chi connectivity index (χ2v) is 7.02. The van der Waals surface area contributed by atoms with Crippen LogP contribution in [-0.4, -0.2) is 53.3 Å². The van der Waals surface area contributed by atoms with Crippen LogP contribution in [0, 0.1) is 0 Å². The summed E-state index contributed by atoms with van der Waals surface area (Å²) in [6.45, 7) is 5.09. The molecule has 150 valence electrons. The average Bonchev–Trinajstić information content (AvgIpc) is 2.96. The van der Waals surface area contributed by atoms with Crippen LogP contribution in [0.2, 0.25) is 0 Å². The molecule has 1 aliphatic heterocycles. The Kier molecular flexibility index (Phi) is 5.86. The summed E-state index contributed by atoms with van der Waals surface area (Å²) in [4.78, 5) is 28.8. The standard InChI is InChI=1S/C17H21F3N2O5/c1-16(2,3)27-15(24)22-9-11(7-12(22)14(23)25-4)26-10-5-6-13(21-8-10)17(18,19)20/h5-6,8,11-12H,7,9H2,1-4H3/t11-,12-/m0/s1. The van der Waals surface area contributed by atoms with Gasteiger partial charge in [-0.1, -0.05) is 0 Å². The first-order chi connectivity index (χ1) is 12.4. The number of methoxy groups -OCH3 is 1. The highest BCUT2D eigenvalue weighted by Crippen LogP contribution is 2.30. The second kappa shape index (κ2) is 7.61. The normalized spacial score (nSPS) is 20.3. The molecule has 1 aliphatic rings. The lowest BCUT2D eigenvalue weighted by atomic mass is 10.2. The number of carbonyl (C=O) groups excluding carboxylic acids is 2. The van der Waals surface area contributed by atoms with E-state index >= 15 is 0 Å². The third kappa shape index (κ3) is 5.48. The van der Waals surface area contributed by atoms with Gasteiger partial charge in [0.2, 0.25) is 0 Å². The third-order valence-corrected chi connectivity index (χ3v) is 3.69. The van der Waals surface area contributed by atoms with E-state index in [4.69, 9.17) is 14.2 Å². The van der Waals surface area contributed by atoms with Crippen molar-refractivity contribution in [2.24, 2.45) is 0 Å². The Labute approximate surface area is 154 Å². The highest BCUT2D eigenvalue weighted by molar-refractivity contribution is 5.82. The van der Waals surface area contributed by atoms with Crippen molar-refractivity contribution in [1.82, 2.24) is 9.88 Å². The molecule has 1 aromatic heterocycles. The molecule has 0 aliphatic carbocycles. The number of esters is 1. The van der Waals surface area contributed by atoms with Crippen LogP contribution in [0.25, 0.3) is 0 Å². The number of carbonyl (C=O) groups is 2. The maximum Gasteiger partial charge on any atom is 0.433 e. The SMILES string of the molecule is COC(=O)[C@@H]1C[C@H](Oc2ccc(C(F)(F)F)nc2)CN1C(=O)OC(C)(C)C. The fraction of sp³-hybridized carbons (Fsp3) is 0.588. The molecule has 27 heavy (non-hydrogen) atoms. The highest BCUT2D eigenvalue weighted by atomic mass is 19.4. The van der Waals surface area contributed by atoms with Crippen LogP contribution < -0.4 is 4.74 Å². The van der Waals surface area contributed by atoms with E-state index in [1.807, 2.05) is 0 Å². The molecule has 0 saturated carbocycles. The van der Waals surface area contributed by atoms with E-state index in [1.54, 1.807) is 20.8 Å². The van der Waals surface area contributed by atoms with Gasteiger partial charge in [0.25, 0.3) is 0 Å². The van der Waals surface area contributed by atoms with Gasteiger partial charge in [0.1, 0.15) is 29.2 Å². The number of rotatable bonds is 3. The molecular weight excluding hydrogens is 369 g/mol. The van der Waals surface area contributed by atoms with Gasteiger partial charge in [-0.25, -0.2) is 14.6 Å². The largest absolute Gasteiger partial charge is 0.487 e. The Morgan fingerprint density at radius 3 is 2.37 bits per heavy atom. The first kappa shape index (κ1) is 20.8. The van der Waals surface area contributed by atoms with Gasteiger partial charge in [-0.15, -0.1) is 0 Å². The lowest BCUT2D eigenvalue weighted by Gasteiger charge is -2.27. The smallest absolute Gasteiger partial charge is 0.433 e. The second-order valence-electron chi connectivity index (χ2n) is 7.02. The fourth-order valence-corrected chi connectivity index (χ4v) is 2.57. The van der Waals surface area contributed by atoms with Crippen molar-refractivity contribution in [3.8, 4) is 5.75 Å². The number of pyridine rings is 1. The average molecular weight is 390 g/mol. The molecule has 0 N–H and O–H groups in total. The van der Waals surface area contributed by atoms with Crippen molar-refractivity contribution in [1.29, 1.82) is 0 Å². The minimum atomic E-state index is -4.55. The zero-order valence-corrected chi connectivity index (χ0v) is 15.4. The van der Waals surface area contributed by atoms with Crippen molar-refractivity contribution in [2.75, 3.05) is 13.7 Å². The number of aromatic nitrogens is 1. The monoisotopic (exact) mass is 390 g/mol. The number of likely N-dealkylation sites (tertiary alicyclic amines) is 1. The molecule has 2 heterocycles. The van der Waals surface area contributed by atoms with Crippen LogP contribution in [0.1, 0.15) is 32.9 Å². The van der Waals surface area contributed by atoms with Gasteiger partial charge in [-0.05, 0) is 32.9 Å². The van der Waals surface area contributed by atoms with Gasteiger partial charge in [0.05, 0.1) is 19.9 Å². The summed E-state index contributed by atoms with van der Waals surface area (Å²) in [6, 6.07) is 1.03. The molecule has 0 aromatic carbocycles. The molecule has 1 amide bonds. The third-order valence-electron chi connectivity index (χ3n) is 3.69. The van der Waals surface area contributed by atoms with Gasteiger partial charge >= 0.3 is 18.2 Å². The van der Waals surface area contributed by atoms with Gasteiger partial charge < -0.3 is 14.2 Å². The van der Waals surface area contributed by atoms with E-state index < -0.39 is 41.7 Å². The topological polar surface area (TPSA) is 78.0 Å². The van der Waals surface area contributed by atoms with E-state index in [-0.39, 0.29) is 18.7 Å². The van der Waals surface area contributed by atoms with Crippen molar-refractivity contribution in [3.63, 3.8) is 0 Å². The zero-order valence-electron chi connectivity index (χ0n) is 15.4. The van der Waals surface area contributed by atoms with E-state index in [0.717, 1.165) is 18.3 Å². The molecular formula is C17H21F3N2O5. The summed E-state index contributed by atoms with van der Waals surface area (Å²) in [6.07, 6.45) is -4.80. The quantitative estimate of drug-likeness (QED) is 0.739. The predicted octanol–water partition coefficient (Wildman–Crippen LogP) is 3.03.